The van der Waals surface area contributed by atoms with Gasteiger partial charge >= 0.3 is 0 Å². The number of aliphatic hydroxyl groups is 2. The number of hydrogen-bond acceptors (Lipinski definition) is 4. The van der Waals surface area contributed by atoms with E-state index in [0.717, 1.165) is 29.8 Å². The molecule has 0 saturated carbocycles. The zero-order valence-corrected chi connectivity index (χ0v) is 17.2. The predicted octanol–water partition coefficient (Wildman–Crippen LogP) is 3.13. The van der Waals surface area contributed by atoms with Crippen LogP contribution in [0.15, 0.2) is 42.7 Å². The third-order valence-corrected chi connectivity index (χ3v) is 5.73. The second kappa shape index (κ2) is 8.05. The Morgan fingerprint density at radius 2 is 1.86 bits per heavy atom. The highest BCUT2D eigenvalue weighted by Gasteiger charge is 2.55. The van der Waals surface area contributed by atoms with Crippen molar-refractivity contribution in [3.05, 3.63) is 65.0 Å². The van der Waals surface area contributed by atoms with Crippen LogP contribution < -0.4 is 0 Å². The van der Waals surface area contributed by atoms with Crippen molar-refractivity contribution < 1.29 is 10.2 Å². The van der Waals surface area contributed by atoms with Crippen LogP contribution in [0.4, 0.5) is 0 Å². The van der Waals surface area contributed by atoms with Gasteiger partial charge < -0.3 is 15.1 Å². The molecular formula is C24H30N2O2. The highest BCUT2D eigenvalue weighted by atomic mass is 16.3. The number of hydrogen-bond donors (Lipinski definition) is 2. The van der Waals surface area contributed by atoms with Crippen molar-refractivity contribution in [1.82, 2.24) is 9.88 Å². The summed E-state index contributed by atoms with van der Waals surface area (Å²) < 4.78 is 0. The van der Waals surface area contributed by atoms with Gasteiger partial charge in [-0.1, -0.05) is 56.9 Å². The molecule has 0 amide bonds. The number of pyridine rings is 1. The normalized spacial score (nSPS) is 18.1. The molecule has 2 heterocycles. The Morgan fingerprint density at radius 3 is 2.43 bits per heavy atom. The summed E-state index contributed by atoms with van der Waals surface area (Å²) in [6.45, 7) is 8.11. The van der Waals surface area contributed by atoms with Crippen molar-refractivity contribution in [2.45, 2.75) is 38.7 Å². The smallest absolute Gasteiger partial charge is 0.124 e. The van der Waals surface area contributed by atoms with E-state index in [1.807, 2.05) is 18.2 Å². The molecule has 4 heteroatoms. The maximum absolute atomic E-state index is 12.1. The average Bonchev–Trinajstić information content (AvgIpc) is 2.66. The van der Waals surface area contributed by atoms with Gasteiger partial charge in [0.2, 0.25) is 0 Å². The summed E-state index contributed by atoms with van der Waals surface area (Å²) >= 11 is 0. The van der Waals surface area contributed by atoms with Gasteiger partial charge in [0.05, 0.1) is 6.61 Å². The first kappa shape index (κ1) is 20.5. The van der Waals surface area contributed by atoms with Crippen molar-refractivity contribution in [3.8, 4) is 11.8 Å². The van der Waals surface area contributed by atoms with Crippen LogP contribution >= 0.6 is 0 Å². The van der Waals surface area contributed by atoms with E-state index >= 15 is 0 Å². The zero-order chi connectivity index (χ0) is 20.4. The lowest BCUT2D eigenvalue weighted by Gasteiger charge is -2.55. The molecule has 1 atom stereocenters. The fourth-order valence-corrected chi connectivity index (χ4v) is 4.27. The van der Waals surface area contributed by atoms with E-state index in [1.54, 1.807) is 12.4 Å². The molecule has 0 radical (unpaired) electrons. The van der Waals surface area contributed by atoms with Crippen LogP contribution in [-0.4, -0.2) is 46.8 Å². The van der Waals surface area contributed by atoms with Crippen molar-refractivity contribution in [3.63, 3.8) is 0 Å². The molecule has 1 aromatic carbocycles. The number of benzene rings is 1. The van der Waals surface area contributed by atoms with Crippen molar-refractivity contribution in [1.29, 1.82) is 0 Å². The minimum Gasteiger partial charge on any atom is -0.395 e. The summed E-state index contributed by atoms with van der Waals surface area (Å²) in [4.78, 5) is 6.57. The van der Waals surface area contributed by atoms with E-state index in [4.69, 9.17) is 5.11 Å². The third-order valence-electron chi connectivity index (χ3n) is 5.73. The first-order valence-electron chi connectivity index (χ1n) is 9.87. The van der Waals surface area contributed by atoms with E-state index in [1.165, 1.54) is 5.56 Å². The van der Waals surface area contributed by atoms with Gasteiger partial charge in [-0.3, -0.25) is 4.98 Å². The van der Waals surface area contributed by atoms with Gasteiger partial charge in [-0.25, -0.2) is 0 Å². The molecule has 1 fully saturated rings. The lowest BCUT2D eigenvalue weighted by atomic mass is 9.62. The Hall–Kier alpha value is -2.19. The molecule has 28 heavy (non-hydrogen) atoms. The molecule has 0 aliphatic carbocycles. The topological polar surface area (TPSA) is 56.6 Å². The van der Waals surface area contributed by atoms with Gasteiger partial charge in [0.1, 0.15) is 5.60 Å². The summed E-state index contributed by atoms with van der Waals surface area (Å²) in [5.41, 5.74) is 2.17. The summed E-state index contributed by atoms with van der Waals surface area (Å²) in [6, 6.07) is 10.2. The molecule has 0 bridgehead atoms. The van der Waals surface area contributed by atoms with Crippen LogP contribution in [0.5, 0.6) is 0 Å². The standard InChI is InChI=1S/C24H30N2O2/c1-18(2)20-8-10-21(11-9-20)24(28,23(3)16-26(4)17-23)22-13-19(14-25-15-22)7-5-6-12-27/h8-11,13-15,18,27-28H,6,12,16-17H2,1-4H3. The molecule has 1 aromatic heterocycles. The van der Waals surface area contributed by atoms with Crippen LogP contribution in [0, 0.1) is 17.3 Å². The van der Waals surface area contributed by atoms with Gasteiger partial charge in [-0.05, 0) is 30.2 Å². The lowest BCUT2D eigenvalue weighted by Crippen LogP contribution is -2.63. The minimum absolute atomic E-state index is 0.0384. The second-order valence-electron chi connectivity index (χ2n) is 8.46. The van der Waals surface area contributed by atoms with Crippen LogP contribution in [0.25, 0.3) is 0 Å². The lowest BCUT2D eigenvalue weighted by molar-refractivity contribution is -0.127. The molecular weight excluding hydrogens is 348 g/mol. The molecule has 4 nitrogen and oxygen atoms in total. The average molecular weight is 379 g/mol. The fourth-order valence-electron chi connectivity index (χ4n) is 4.27. The Balaban J connectivity index is 2.08. The number of aliphatic hydroxyl groups excluding tert-OH is 1. The van der Waals surface area contributed by atoms with Gasteiger partial charge in [-0.15, -0.1) is 0 Å². The summed E-state index contributed by atoms with van der Waals surface area (Å²) in [5.74, 6) is 6.41. The van der Waals surface area contributed by atoms with E-state index in [-0.39, 0.29) is 12.0 Å². The predicted molar refractivity (Wildman–Crippen MR) is 112 cm³/mol. The zero-order valence-electron chi connectivity index (χ0n) is 17.2. The van der Waals surface area contributed by atoms with Gasteiger partial charge in [0.25, 0.3) is 0 Å². The maximum atomic E-state index is 12.1. The Morgan fingerprint density at radius 1 is 1.18 bits per heavy atom. The Labute approximate surface area is 168 Å². The summed E-state index contributed by atoms with van der Waals surface area (Å²) in [7, 11) is 2.07. The van der Waals surface area contributed by atoms with Gasteiger partial charge in [0.15, 0.2) is 0 Å². The van der Waals surface area contributed by atoms with Gasteiger partial charge in [-0.2, -0.15) is 0 Å². The maximum Gasteiger partial charge on any atom is 0.124 e. The monoisotopic (exact) mass is 378 g/mol. The Bertz CT molecular complexity index is 873. The SMILES string of the molecule is CC(C)c1ccc(C(O)(c2cncc(C#CCCO)c2)C2(C)CN(C)C2)cc1. The summed E-state index contributed by atoms with van der Waals surface area (Å²) in [6.07, 6.45) is 3.87. The molecule has 3 rings (SSSR count). The summed E-state index contributed by atoms with van der Waals surface area (Å²) in [5, 5.41) is 21.1. The third kappa shape index (κ3) is 3.71. The van der Waals surface area contributed by atoms with Crippen molar-refractivity contribution in [2.75, 3.05) is 26.7 Å². The van der Waals surface area contributed by atoms with E-state index in [0.29, 0.717) is 12.3 Å². The molecule has 1 aliphatic rings. The number of nitrogens with zero attached hydrogens (tertiary/aromatic N) is 2. The van der Waals surface area contributed by atoms with E-state index in [9.17, 15) is 5.11 Å². The Kier molecular flexibility index (Phi) is 5.90. The molecule has 2 N–H and O–H groups in total. The van der Waals surface area contributed by atoms with Crippen LogP contribution in [0.3, 0.4) is 0 Å². The number of likely N-dealkylation sites (tertiary alicyclic amines) is 1. The van der Waals surface area contributed by atoms with Crippen LogP contribution in [0.1, 0.15) is 55.4 Å². The first-order chi connectivity index (χ1) is 13.3. The second-order valence-corrected chi connectivity index (χ2v) is 8.46. The molecule has 1 aliphatic heterocycles. The molecule has 148 valence electrons. The quantitative estimate of drug-likeness (QED) is 0.785. The molecule has 2 aromatic rings. The largest absolute Gasteiger partial charge is 0.395 e. The highest BCUT2D eigenvalue weighted by molar-refractivity contribution is 5.44. The van der Waals surface area contributed by atoms with Crippen LogP contribution in [-0.2, 0) is 5.60 Å². The molecule has 0 spiro atoms. The van der Waals surface area contributed by atoms with Crippen molar-refractivity contribution >= 4 is 0 Å². The fraction of sp³-hybridized carbons (Fsp3) is 0.458. The number of aromatic nitrogens is 1. The highest BCUT2D eigenvalue weighted by Crippen LogP contribution is 2.50. The van der Waals surface area contributed by atoms with E-state index in [2.05, 4.69) is 61.7 Å². The van der Waals surface area contributed by atoms with Crippen molar-refractivity contribution in [2.24, 2.45) is 5.41 Å². The van der Waals surface area contributed by atoms with Gasteiger partial charge in [0, 0.05) is 48.4 Å². The molecule has 1 unspecified atom stereocenters. The molecule has 1 saturated heterocycles. The minimum atomic E-state index is -1.16. The number of rotatable bonds is 5. The van der Waals surface area contributed by atoms with E-state index < -0.39 is 5.60 Å². The first-order valence-corrected chi connectivity index (χ1v) is 9.87. The van der Waals surface area contributed by atoms with Crippen LogP contribution in [0.2, 0.25) is 0 Å².